The Balaban J connectivity index is 2.48. The van der Waals surface area contributed by atoms with E-state index in [-0.39, 0.29) is 18.6 Å². The lowest BCUT2D eigenvalue weighted by Gasteiger charge is -2.34. The first-order valence-corrected chi connectivity index (χ1v) is 5.66. The van der Waals surface area contributed by atoms with Crippen LogP contribution in [-0.2, 0) is 9.53 Å². The van der Waals surface area contributed by atoms with E-state index >= 15 is 0 Å². The van der Waals surface area contributed by atoms with E-state index in [1.165, 1.54) is 11.8 Å². The fraction of sp³-hybridized carbons (Fsp3) is 0.875. The summed E-state index contributed by atoms with van der Waals surface area (Å²) in [4.78, 5) is 13.2. The third-order valence-corrected chi connectivity index (χ3v) is 2.56. The second kappa shape index (κ2) is 5.47. The minimum absolute atomic E-state index is 0.0138. The normalized spacial score (nSPS) is 23.2. The van der Waals surface area contributed by atoms with Gasteiger partial charge in [0.05, 0.1) is 31.6 Å². The number of aliphatic hydroxyl groups excluding tert-OH is 1. The van der Waals surface area contributed by atoms with E-state index in [0.717, 1.165) is 0 Å². The van der Waals surface area contributed by atoms with Gasteiger partial charge in [-0.25, -0.2) is 0 Å². The molecule has 0 aromatic rings. The Morgan fingerprint density at radius 2 is 2.54 bits per heavy atom. The van der Waals surface area contributed by atoms with Crippen LogP contribution in [0.2, 0.25) is 0 Å². The second-order valence-corrected chi connectivity index (χ2v) is 3.80. The highest BCUT2D eigenvalue weighted by Crippen LogP contribution is 2.08. The molecule has 0 saturated carbocycles. The van der Waals surface area contributed by atoms with E-state index in [2.05, 4.69) is 0 Å². The van der Waals surface area contributed by atoms with Crippen molar-refractivity contribution in [3.8, 4) is 0 Å². The Kier molecular flexibility index (Phi) is 4.55. The fourth-order valence-electron chi connectivity index (χ4n) is 1.34. The maximum atomic E-state index is 11.5. The first-order chi connectivity index (χ1) is 6.29. The van der Waals surface area contributed by atoms with E-state index in [1.807, 2.05) is 6.26 Å². The molecule has 1 aliphatic rings. The summed E-state index contributed by atoms with van der Waals surface area (Å²) >= 11 is 1.50. The molecule has 0 bridgehead atoms. The highest BCUT2D eigenvalue weighted by molar-refractivity contribution is 7.99. The molecule has 1 unspecified atom stereocenters. The van der Waals surface area contributed by atoms with Crippen LogP contribution in [0.3, 0.4) is 0 Å². The molecule has 1 heterocycles. The molecule has 76 valence electrons. The standard InChI is InChI=1S/C8H15NO3S/c1-13-6-8(11)9-2-3-12-5-7(9)4-10/h7,10H,2-6H2,1H3. The summed E-state index contributed by atoms with van der Waals surface area (Å²) < 4.78 is 5.17. The Morgan fingerprint density at radius 1 is 1.77 bits per heavy atom. The van der Waals surface area contributed by atoms with E-state index in [4.69, 9.17) is 9.84 Å². The minimum Gasteiger partial charge on any atom is -0.394 e. The van der Waals surface area contributed by atoms with Crippen molar-refractivity contribution in [2.75, 3.05) is 38.4 Å². The molecule has 1 atom stereocenters. The van der Waals surface area contributed by atoms with Gasteiger partial charge in [-0.3, -0.25) is 4.79 Å². The molecule has 0 radical (unpaired) electrons. The van der Waals surface area contributed by atoms with Gasteiger partial charge in [0.2, 0.25) is 5.91 Å². The number of morpholine rings is 1. The number of ether oxygens (including phenoxy) is 1. The van der Waals surface area contributed by atoms with E-state index in [9.17, 15) is 4.79 Å². The SMILES string of the molecule is CSCC(=O)N1CCOCC1CO. The summed E-state index contributed by atoms with van der Waals surface area (Å²) in [5.74, 6) is 0.575. The van der Waals surface area contributed by atoms with Crippen LogP contribution in [0, 0.1) is 0 Å². The molecule has 0 aromatic heterocycles. The van der Waals surface area contributed by atoms with Gasteiger partial charge < -0.3 is 14.7 Å². The van der Waals surface area contributed by atoms with Crippen molar-refractivity contribution in [2.45, 2.75) is 6.04 Å². The zero-order chi connectivity index (χ0) is 9.68. The van der Waals surface area contributed by atoms with Crippen LogP contribution >= 0.6 is 11.8 Å². The molecule has 0 spiro atoms. The summed E-state index contributed by atoms with van der Waals surface area (Å²) in [6, 6.07) is -0.145. The minimum atomic E-state index is -0.145. The molecule has 1 amide bonds. The summed E-state index contributed by atoms with van der Waals surface area (Å²) in [6.45, 7) is 1.62. The number of aliphatic hydroxyl groups is 1. The van der Waals surface area contributed by atoms with Gasteiger partial charge in [-0.2, -0.15) is 11.8 Å². The average molecular weight is 205 g/mol. The molecule has 0 aliphatic carbocycles. The molecule has 4 nitrogen and oxygen atoms in total. The van der Waals surface area contributed by atoms with E-state index < -0.39 is 0 Å². The summed E-state index contributed by atoms with van der Waals surface area (Å²) in [7, 11) is 0. The summed E-state index contributed by atoms with van der Waals surface area (Å²) in [6.07, 6.45) is 1.90. The molecule has 1 aliphatic heterocycles. The van der Waals surface area contributed by atoms with Crippen molar-refractivity contribution in [3.63, 3.8) is 0 Å². The van der Waals surface area contributed by atoms with Gasteiger partial charge in [0.25, 0.3) is 0 Å². The quantitative estimate of drug-likeness (QED) is 0.679. The van der Waals surface area contributed by atoms with Crippen LogP contribution in [0.5, 0.6) is 0 Å². The number of hydrogen-bond donors (Lipinski definition) is 1. The third kappa shape index (κ3) is 2.86. The van der Waals surface area contributed by atoms with Crippen molar-refractivity contribution in [1.29, 1.82) is 0 Å². The summed E-state index contributed by atoms with van der Waals surface area (Å²) in [5.41, 5.74) is 0. The number of nitrogens with zero attached hydrogens (tertiary/aromatic N) is 1. The number of carbonyl (C=O) groups excluding carboxylic acids is 1. The smallest absolute Gasteiger partial charge is 0.233 e. The van der Waals surface area contributed by atoms with Crippen molar-refractivity contribution < 1.29 is 14.6 Å². The zero-order valence-electron chi connectivity index (χ0n) is 7.73. The number of hydrogen-bond acceptors (Lipinski definition) is 4. The molecule has 5 heteroatoms. The van der Waals surface area contributed by atoms with Crippen LogP contribution in [0.1, 0.15) is 0 Å². The van der Waals surface area contributed by atoms with Crippen LogP contribution in [0.4, 0.5) is 0 Å². The predicted octanol–water partition coefficient (Wildman–Crippen LogP) is -0.431. The van der Waals surface area contributed by atoms with Gasteiger partial charge in [0, 0.05) is 6.54 Å². The molecule has 1 rings (SSSR count). The lowest BCUT2D eigenvalue weighted by molar-refractivity contribution is -0.138. The van der Waals surface area contributed by atoms with Gasteiger partial charge in [-0.05, 0) is 6.26 Å². The first kappa shape index (κ1) is 10.8. The van der Waals surface area contributed by atoms with Gasteiger partial charge >= 0.3 is 0 Å². The Bertz CT molecular complexity index is 177. The molecule has 13 heavy (non-hydrogen) atoms. The van der Waals surface area contributed by atoms with Crippen molar-refractivity contribution >= 4 is 17.7 Å². The van der Waals surface area contributed by atoms with Crippen LogP contribution < -0.4 is 0 Å². The highest BCUT2D eigenvalue weighted by Gasteiger charge is 2.25. The maximum absolute atomic E-state index is 11.5. The highest BCUT2D eigenvalue weighted by atomic mass is 32.2. The van der Waals surface area contributed by atoms with Crippen molar-refractivity contribution in [3.05, 3.63) is 0 Å². The summed E-state index contributed by atoms with van der Waals surface area (Å²) in [5, 5.41) is 9.00. The molecule has 1 saturated heterocycles. The molecule has 1 fully saturated rings. The fourth-order valence-corrected chi connectivity index (χ4v) is 1.75. The topological polar surface area (TPSA) is 49.8 Å². The van der Waals surface area contributed by atoms with E-state index in [0.29, 0.717) is 25.5 Å². The van der Waals surface area contributed by atoms with Gasteiger partial charge in [0.1, 0.15) is 0 Å². The van der Waals surface area contributed by atoms with Gasteiger partial charge in [-0.15, -0.1) is 0 Å². The number of carbonyl (C=O) groups is 1. The first-order valence-electron chi connectivity index (χ1n) is 4.26. The largest absolute Gasteiger partial charge is 0.394 e. The molecular weight excluding hydrogens is 190 g/mol. The number of thioether (sulfide) groups is 1. The van der Waals surface area contributed by atoms with Crippen LogP contribution in [-0.4, -0.2) is 60.3 Å². The van der Waals surface area contributed by atoms with Gasteiger partial charge in [-0.1, -0.05) is 0 Å². The molecule has 1 N–H and O–H groups in total. The lowest BCUT2D eigenvalue weighted by atomic mass is 10.2. The van der Waals surface area contributed by atoms with Crippen molar-refractivity contribution in [2.24, 2.45) is 0 Å². The van der Waals surface area contributed by atoms with Crippen LogP contribution in [0.25, 0.3) is 0 Å². The predicted molar refractivity (Wildman–Crippen MR) is 51.8 cm³/mol. The Morgan fingerprint density at radius 3 is 3.15 bits per heavy atom. The van der Waals surface area contributed by atoms with E-state index in [1.54, 1.807) is 4.90 Å². The van der Waals surface area contributed by atoms with Gasteiger partial charge in [0.15, 0.2) is 0 Å². The number of rotatable bonds is 3. The zero-order valence-corrected chi connectivity index (χ0v) is 8.55. The molecule has 0 aromatic carbocycles. The Hall–Kier alpha value is -0.260. The number of amides is 1. The third-order valence-electron chi connectivity index (χ3n) is 2.03. The lowest BCUT2D eigenvalue weighted by Crippen LogP contribution is -2.51. The second-order valence-electron chi connectivity index (χ2n) is 2.93. The Labute approximate surface area is 82.2 Å². The monoisotopic (exact) mass is 205 g/mol. The van der Waals surface area contributed by atoms with Crippen molar-refractivity contribution in [1.82, 2.24) is 4.90 Å². The average Bonchev–Trinajstić information content (AvgIpc) is 2.18. The van der Waals surface area contributed by atoms with Crippen LogP contribution in [0.15, 0.2) is 0 Å². The molecular formula is C8H15NO3S. The maximum Gasteiger partial charge on any atom is 0.233 e.